The van der Waals surface area contributed by atoms with Gasteiger partial charge >= 0.3 is 0 Å². The van der Waals surface area contributed by atoms with Gasteiger partial charge in [0.15, 0.2) is 0 Å². The van der Waals surface area contributed by atoms with Crippen LogP contribution in [0.15, 0.2) is 22.7 Å². The molecule has 1 aliphatic carbocycles. The molecule has 1 aromatic carbocycles. The highest BCUT2D eigenvalue weighted by Crippen LogP contribution is 2.43. The molecular formula is C16H16BrN3O. The molecule has 4 nitrogen and oxygen atoms in total. The van der Waals surface area contributed by atoms with Crippen molar-refractivity contribution in [3.63, 3.8) is 0 Å². The van der Waals surface area contributed by atoms with E-state index in [1.165, 1.54) is 19.3 Å². The maximum Gasteiger partial charge on any atom is 0.141 e. The lowest BCUT2D eigenvalue weighted by Crippen LogP contribution is -2.39. The number of carbonyl (C=O) groups excluding carboxylic acids is 1. The van der Waals surface area contributed by atoms with Gasteiger partial charge < -0.3 is 10.5 Å². The number of fused-ring (bicyclic) bond motifs is 2. The lowest BCUT2D eigenvalue weighted by atomic mass is 9.90. The molecule has 1 saturated carbocycles. The number of aromatic nitrogens is 1. The minimum Gasteiger partial charge on any atom is -0.398 e. The topological polar surface area (TPSA) is 59.2 Å². The van der Waals surface area contributed by atoms with Crippen molar-refractivity contribution in [3.05, 3.63) is 33.9 Å². The van der Waals surface area contributed by atoms with E-state index in [-0.39, 0.29) is 6.04 Å². The maximum absolute atomic E-state index is 11.6. The van der Waals surface area contributed by atoms with Crippen molar-refractivity contribution in [1.29, 1.82) is 0 Å². The largest absolute Gasteiger partial charge is 0.398 e. The van der Waals surface area contributed by atoms with Crippen molar-refractivity contribution in [2.45, 2.75) is 37.9 Å². The minimum absolute atomic E-state index is 0.235. The summed E-state index contributed by atoms with van der Waals surface area (Å²) in [6.07, 6.45) is 4.61. The number of carbonyl (C=O) groups is 1. The summed E-state index contributed by atoms with van der Waals surface area (Å²) in [5.41, 5.74) is 9.84. The van der Waals surface area contributed by atoms with Gasteiger partial charge in [0.2, 0.25) is 0 Å². The van der Waals surface area contributed by atoms with Gasteiger partial charge in [0.1, 0.15) is 6.29 Å². The van der Waals surface area contributed by atoms with E-state index >= 15 is 0 Å². The molecule has 2 heterocycles. The number of para-hydroxylation sites is 1. The maximum atomic E-state index is 11.6. The second-order valence-corrected chi connectivity index (χ2v) is 6.71. The smallest absolute Gasteiger partial charge is 0.141 e. The number of hydrogen-bond donors (Lipinski definition) is 1. The molecular weight excluding hydrogens is 330 g/mol. The number of nitrogens with two attached hydrogens (primary N) is 1. The number of hydrogen-bond acceptors (Lipinski definition) is 4. The van der Waals surface area contributed by atoms with Crippen LogP contribution in [0, 0.1) is 0 Å². The zero-order chi connectivity index (χ0) is 14.6. The van der Waals surface area contributed by atoms with Gasteiger partial charge in [-0.15, -0.1) is 0 Å². The Morgan fingerprint density at radius 3 is 2.86 bits per heavy atom. The lowest BCUT2D eigenvalue weighted by molar-refractivity contribution is -0.113. The van der Waals surface area contributed by atoms with E-state index in [0.29, 0.717) is 11.7 Å². The fraction of sp³-hybridized carbons (Fsp3) is 0.375. The molecule has 1 aliphatic heterocycles. The number of nitrogen functional groups attached to an aromatic ring is 1. The third-order valence-corrected chi connectivity index (χ3v) is 5.42. The van der Waals surface area contributed by atoms with Crippen molar-refractivity contribution in [3.8, 4) is 0 Å². The quantitative estimate of drug-likeness (QED) is 0.849. The second-order valence-electron chi connectivity index (χ2n) is 5.86. The number of rotatable bonds is 2. The summed E-state index contributed by atoms with van der Waals surface area (Å²) in [6.45, 7) is 0.727. The Balaban J connectivity index is 1.91. The molecule has 0 saturated heterocycles. The van der Waals surface area contributed by atoms with Gasteiger partial charge in [0.05, 0.1) is 17.3 Å². The third-order valence-electron chi connectivity index (χ3n) is 4.78. The minimum atomic E-state index is -0.235. The van der Waals surface area contributed by atoms with Gasteiger partial charge in [-0.2, -0.15) is 0 Å². The van der Waals surface area contributed by atoms with Crippen LogP contribution in [-0.4, -0.2) is 22.2 Å². The first kappa shape index (κ1) is 13.2. The van der Waals surface area contributed by atoms with Gasteiger partial charge in [-0.3, -0.25) is 4.90 Å². The van der Waals surface area contributed by atoms with Crippen LogP contribution in [0.3, 0.4) is 0 Å². The van der Waals surface area contributed by atoms with Crippen molar-refractivity contribution >= 4 is 38.8 Å². The molecule has 1 unspecified atom stereocenters. The van der Waals surface area contributed by atoms with E-state index < -0.39 is 0 Å². The molecule has 4 rings (SSSR count). The van der Waals surface area contributed by atoms with Crippen LogP contribution in [-0.2, 0) is 11.3 Å². The lowest BCUT2D eigenvalue weighted by Gasteiger charge is -2.36. The molecule has 2 aliphatic rings. The third kappa shape index (κ3) is 1.84. The molecule has 2 N–H and O–H groups in total. The van der Waals surface area contributed by atoms with Gasteiger partial charge in [-0.05, 0) is 34.8 Å². The molecule has 0 amide bonds. The van der Waals surface area contributed by atoms with Crippen LogP contribution in [0.2, 0.25) is 0 Å². The summed E-state index contributed by atoms with van der Waals surface area (Å²) in [6, 6.07) is 6.15. The molecule has 0 spiro atoms. The Morgan fingerprint density at radius 2 is 2.19 bits per heavy atom. The first-order chi connectivity index (χ1) is 10.2. The van der Waals surface area contributed by atoms with E-state index in [1.807, 2.05) is 18.2 Å². The zero-order valence-corrected chi connectivity index (χ0v) is 13.1. The standard InChI is InChI=1S/C16H16BrN3O/c17-11-6-2-5-10-15(18)14-12(19-16(10)11)7-20(13(14)8-21)9-3-1-4-9/h2,5-6,8-9,13H,1,3-4,7H2,(H2,18,19). The summed E-state index contributed by atoms with van der Waals surface area (Å²) >= 11 is 3.54. The first-order valence-corrected chi connectivity index (χ1v) is 8.07. The molecule has 0 radical (unpaired) electrons. The van der Waals surface area contributed by atoms with Crippen LogP contribution in [0.4, 0.5) is 5.69 Å². The summed E-state index contributed by atoms with van der Waals surface area (Å²) in [4.78, 5) is 18.7. The number of aldehydes is 1. The van der Waals surface area contributed by atoms with Gasteiger partial charge in [-0.25, -0.2) is 4.98 Å². The number of anilines is 1. The first-order valence-electron chi connectivity index (χ1n) is 7.28. The monoisotopic (exact) mass is 345 g/mol. The van der Waals surface area contributed by atoms with Crippen LogP contribution < -0.4 is 5.73 Å². The van der Waals surface area contributed by atoms with Crippen molar-refractivity contribution in [2.75, 3.05) is 5.73 Å². The van der Waals surface area contributed by atoms with E-state index in [2.05, 4.69) is 20.8 Å². The number of pyridine rings is 1. The Hall–Kier alpha value is -1.46. The summed E-state index contributed by atoms with van der Waals surface area (Å²) in [5.74, 6) is 0. The average Bonchev–Trinajstić information content (AvgIpc) is 2.77. The van der Waals surface area contributed by atoms with E-state index in [4.69, 9.17) is 10.7 Å². The molecule has 1 aromatic heterocycles. The number of halogens is 1. The highest BCUT2D eigenvalue weighted by atomic mass is 79.9. The van der Waals surface area contributed by atoms with Gasteiger partial charge in [0.25, 0.3) is 0 Å². The number of benzene rings is 1. The number of nitrogens with zero attached hydrogens (tertiary/aromatic N) is 2. The zero-order valence-electron chi connectivity index (χ0n) is 11.6. The highest BCUT2D eigenvalue weighted by Gasteiger charge is 2.39. The Bertz CT molecular complexity index is 742. The van der Waals surface area contributed by atoms with Crippen molar-refractivity contribution in [2.24, 2.45) is 0 Å². The molecule has 2 aromatic rings. The van der Waals surface area contributed by atoms with Crippen LogP contribution in [0.1, 0.15) is 36.6 Å². The molecule has 1 fully saturated rings. The van der Waals surface area contributed by atoms with Gasteiger partial charge in [-0.1, -0.05) is 18.6 Å². The molecule has 21 heavy (non-hydrogen) atoms. The molecule has 1 atom stereocenters. The van der Waals surface area contributed by atoms with Gasteiger partial charge in [0, 0.05) is 33.7 Å². The van der Waals surface area contributed by atoms with Crippen molar-refractivity contribution in [1.82, 2.24) is 9.88 Å². The normalized spacial score (nSPS) is 22.2. The Kier molecular flexibility index (Phi) is 3.01. The SMILES string of the molecule is Nc1c2c(nc3c(Br)cccc13)CN(C1CCC1)C2C=O. The van der Waals surface area contributed by atoms with Crippen LogP contribution in [0.25, 0.3) is 10.9 Å². The van der Waals surface area contributed by atoms with Crippen LogP contribution >= 0.6 is 15.9 Å². The second kappa shape index (κ2) is 4.78. The Labute approximate surface area is 131 Å². The highest BCUT2D eigenvalue weighted by molar-refractivity contribution is 9.10. The average molecular weight is 346 g/mol. The summed E-state index contributed by atoms with van der Waals surface area (Å²) in [7, 11) is 0. The Morgan fingerprint density at radius 1 is 1.38 bits per heavy atom. The fourth-order valence-corrected chi connectivity index (χ4v) is 3.91. The molecule has 0 bridgehead atoms. The van der Waals surface area contributed by atoms with E-state index in [0.717, 1.165) is 39.5 Å². The van der Waals surface area contributed by atoms with E-state index in [9.17, 15) is 4.79 Å². The van der Waals surface area contributed by atoms with Crippen LogP contribution in [0.5, 0.6) is 0 Å². The fourth-order valence-electron chi connectivity index (χ4n) is 3.45. The summed E-state index contributed by atoms with van der Waals surface area (Å²) in [5, 5.41) is 0.922. The van der Waals surface area contributed by atoms with Crippen molar-refractivity contribution < 1.29 is 4.79 Å². The molecule has 5 heteroatoms. The predicted molar refractivity (Wildman–Crippen MR) is 85.8 cm³/mol. The molecule has 108 valence electrons. The van der Waals surface area contributed by atoms with E-state index in [1.54, 1.807) is 0 Å². The predicted octanol–water partition coefficient (Wildman–Crippen LogP) is 3.19. The summed E-state index contributed by atoms with van der Waals surface area (Å²) < 4.78 is 0.944.